The molecule has 11 heteroatoms. The number of halogens is 3. The van der Waals surface area contributed by atoms with Crippen molar-refractivity contribution in [3.8, 4) is 0 Å². The summed E-state index contributed by atoms with van der Waals surface area (Å²) in [5.74, 6) is -5.60. The fourth-order valence-corrected chi connectivity index (χ4v) is 3.45. The van der Waals surface area contributed by atoms with Crippen molar-refractivity contribution in [2.75, 3.05) is 25.0 Å². The van der Waals surface area contributed by atoms with Gasteiger partial charge in [-0.15, -0.1) is 0 Å². The minimum absolute atomic E-state index is 0.324. The highest BCUT2D eigenvalue weighted by Crippen LogP contribution is 2.39. The quantitative estimate of drug-likeness (QED) is 0.860. The van der Waals surface area contributed by atoms with Gasteiger partial charge < -0.3 is 10.4 Å². The highest BCUT2D eigenvalue weighted by atomic mass is 32.1. The van der Waals surface area contributed by atoms with E-state index in [2.05, 4.69) is 14.0 Å². The van der Waals surface area contributed by atoms with Gasteiger partial charge in [0.25, 0.3) is 0 Å². The molecule has 0 spiro atoms. The normalized spacial score (nSPS) is 22.5. The average molecular weight is 374 g/mol. The van der Waals surface area contributed by atoms with Crippen molar-refractivity contribution in [1.29, 1.82) is 0 Å². The molecule has 3 rings (SSSR count). The van der Waals surface area contributed by atoms with E-state index in [1.807, 2.05) is 0 Å². The molecule has 2 aliphatic heterocycles. The van der Waals surface area contributed by atoms with Crippen LogP contribution in [0.1, 0.15) is 0 Å². The van der Waals surface area contributed by atoms with Crippen LogP contribution in [-0.2, 0) is 20.9 Å². The Morgan fingerprint density at radius 1 is 1.32 bits per heavy atom. The highest BCUT2D eigenvalue weighted by molar-refractivity contribution is 7.58. The molecule has 0 saturated carbocycles. The second-order valence-electron chi connectivity index (χ2n) is 5.77. The van der Waals surface area contributed by atoms with Gasteiger partial charge in [0.1, 0.15) is 11.4 Å². The number of alkyl halides is 3. The van der Waals surface area contributed by atoms with Crippen molar-refractivity contribution in [3.63, 3.8) is 0 Å². The van der Waals surface area contributed by atoms with Gasteiger partial charge in [-0.25, -0.2) is 0 Å². The molecule has 2 aliphatic rings. The Kier molecular flexibility index (Phi) is 4.60. The zero-order valence-corrected chi connectivity index (χ0v) is 13.5. The number of amides is 1. The van der Waals surface area contributed by atoms with Crippen LogP contribution in [0.4, 0.5) is 30.2 Å². The number of hydrogen-bond donors (Lipinski definition) is 2. The van der Waals surface area contributed by atoms with Crippen LogP contribution < -0.4 is 5.32 Å². The largest absolute Gasteiger partial charge is 0.481 e. The number of carboxylic acid groups (broad SMARTS) is 1. The summed E-state index contributed by atoms with van der Waals surface area (Å²) in [4.78, 5) is 24.4. The minimum Gasteiger partial charge on any atom is -0.481 e. The molecule has 134 valence electrons. The lowest BCUT2D eigenvalue weighted by Crippen LogP contribution is -2.34. The first kappa shape index (κ1) is 17.5. The molecule has 0 aliphatic carbocycles. The summed E-state index contributed by atoms with van der Waals surface area (Å²) >= 11 is 0.982. The molecule has 7 nitrogen and oxygen atoms in total. The molecule has 0 unspecified atom stereocenters. The first-order valence-electron chi connectivity index (χ1n) is 7.28. The average Bonchev–Trinajstić information content (AvgIpc) is 3.13. The molecule has 2 heterocycles. The lowest BCUT2D eigenvalue weighted by molar-refractivity contribution is -0.188. The zero-order valence-electron chi connectivity index (χ0n) is 12.7. The van der Waals surface area contributed by atoms with Gasteiger partial charge in [0.15, 0.2) is 0 Å². The number of carboxylic acids is 1. The topological polar surface area (TPSA) is 94.4 Å². The van der Waals surface area contributed by atoms with Crippen molar-refractivity contribution in [2.24, 2.45) is 20.6 Å². The number of nitrogens with one attached hydrogen (secondary N) is 1. The molecule has 1 amide bonds. The second-order valence-corrected chi connectivity index (χ2v) is 6.30. The van der Waals surface area contributed by atoms with Crippen molar-refractivity contribution >= 4 is 40.3 Å². The van der Waals surface area contributed by atoms with Gasteiger partial charge in [-0.2, -0.15) is 21.9 Å². The molecule has 1 saturated heterocycles. The van der Waals surface area contributed by atoms with Crippen LogP contribution in [0, 0.1) is 11.8 Å². The molecule has 1 aromatic carbocycles. The van der Waals surface area contributed by atoms with Gasteiger partial charge in [0.2, 0.25) is 5.91 Å². The van der Waals surface area contributed by atoms with Crippen LogP contribution in [-0.4, -0.2) is 47.7 Å². The van der Waals surface area contributed by atoms with Gasteiger partial charge in [0.05, 0.1) is 35.4 Å². The number of anilines is 1. The fourth-order valence-electron chi connectivity index (χ4n) is 2.90. The lowest BCUT2D eigenvalue weighted by Gasteiger charge is -2.18. The van der Waals surface area contributed by atoms with E-state index in [1.54, 1.807) is 18.2 Å². The molecule has 0 bridgehead atoms. The van der Waals surface area contributed by atoms with E-state index in [9.17, 15) is 22.8 Å². The second kappa shape index (κ2) is 6.56. The van der Waals surface area contributed by atoms with Gasteiger partial charge in [-0.3, -0.25) is 14.5 Å². The van der Waals surface area contributed by atoms with E-state index in [4.69, 9.17) is 5.11 Å². The van der Waals surface area contributed by atoms with Gasteiger partial charge >= 0.3 is 12.1 Å². The number of aliphatic carboxylic acids is 1. The minimum atomic E-state index is -4.62. The molecular formula is C14H13F3N4O3S. The Bertz CT molecular complexity index is 792. The smallest absolute Gasteiger partial charge is 0.393 e. The summed E-state index contributed by atoms with van der Waals surface area (Å²) < 4.78 is 47.0. The predicted octanol–water partition coefficient (Wildman–Crippen LogP) is 2.55. The van der Waals surface area contributed by atoms with Gasteiger partial charge in [-0.1, -0.05) is 6.07 Å². The summed E-state index contributed by atoms with van der Waals surface area (Å²) in [5.41, 5.74) is 1.52. The number of fused-ring (bicyclic) bond motifs is 1. The van der Waals surface area contributed by atoms with Crippen molar-refractivity contribution in [3.05, 3.63) is 18.2 Å². The third-order valence-electron chi connectivity index (χ3n) is 4.06. The predicted molar refractivity (Wildman–Crippen MR) is 83.7 cm³/mol. The zero-order chi connectivity index (χ0) is 18.2. The maximum absolute atomic E-state index is 13.0. The van der Waals surface area contributed by atoms with Crippen molar-refractivity contribution in [2.45, 2.75) is 6.18 Å². The molecule has 1 fully saturated rings. The Morgan fingerprint density at radius 2 is 2.08 bits per heavy atom. The van der Waals surface area contributed by atoms with E-state index < -0.39 is 36.4 Å². The number of benzene rings is 1. The lowest BCUT2D eigenvalue weighted by atomic mass is 9.96. The van der Waals surface area contributed by atoms with E-state index in [0.29, 0.717) is 17.1 Å². The Morgan fingerprint density at radius 3 is 2.72 bits per heavy atom. The molecule has 0 radical (unpaired) electrons. The van der Waals surface area contributed by atoms with Crippen LogP contribution in [0.15, 0.2) is 26.9 Å². The number of nitrogens with zero attached hydrogens (tertiary/aromatic N) is 3. The summed E-state index contributed by atoms with van der Waals surface area (Å²) in [6.07, 6.45) is -4.62. The molecule has 2 atom stereocenters. The van der Waals surface area contributed by atoms with E-state index in [0.717, 1.165) is 11.4 Å². The van der Waals surface area contributed by atoms with Crippen LogP contribution >= 0.6 is 0 Å². The summed E-state index contributed by atoms with van der Waals surface area (Å²) in [7, 11) is 0. The third-order valence-corrected chi connectivity index (χ3v) is 4.60. The molecule has 1 aromatic rings. The van der Waals surface area contributed by atoms with Crippen molar-refractivity contribution in [1.82, 2.24) is 4.90 Å². The van der Waals surface area contributed by atoms with Crippen LogP contribution in [0.2, 0.25) is 0 Å². The fraction of sp³-hybridized carbons (Fsp3) is 0.429. The Balaban J connectivity index is 1.65. The first-order chi connectivity index (χ1) is 11.8. The molecule has 0 aromatic heterocycles. The third kappa shape index (κ3) is 3.71. The van der Waals surface area contributed by atoms with E-state index >= 15 is 0 Å². The van der Waals surface area contributed by atoms with E-state index in [1.165, 1.54) is 4.90 Å². The number of rotatable bonds is 4. The van der Waals surface area contributed by atoms with Crippen molar-refractivity contribution < 1.29 is 27.9 Å². The summed E-state index contributed by atoms with van der Waals surface area (Å²) in [6.45, 7) is -1.17. The Hall–Kier alpha value is -2.27. The summed E-state index contributed by atoms with van der Waals surface area (Å²) in [6, 6.07) is 5.01. The highest BCUT2D eigenvalue weighted by Gasteiger charge is 2.52. The number of hydrogen-bond acceptors (Lipinski definition) is 5. The van der Waals surface area contributed by atoms with Crippen LogP contribution in [0.5, 0.6) is 0 Å². The summed E-state index contributed by atoms with van der Waals surface area (Å²) in [5, 5.41) is 11.6. The first-order valence-corrected chi connectivity index (χ1v) is 8.01. The number of carbonyl (C=O) groups excluding carboxylic acids is 1. The maximum Gasteiger partial charge on any atom is 0.393 e. The monoisotopic (exact) mass is 374 g/mol. The standard InChI is InChI=1S/C14H13F3N4O3S/c15-14(16,17)8-5-21(4-7(8)13(23)24)6-11(22)18-9-2-1-3-10-12(9)20-25-19-10/h1-3,7-8H,4-6H2,(H,18,22)(H,23,24)/t7-,8-/m1/s1. The molecule has 2 N–H and O–H groups in total. The SMILES string of the molecule is O=C(CN1C[C@@H](C(F)(F)F)[C@H](C(=O)O)C1)Nc1cccc2c1N=S=N2. The molecule has 25 heavy (non-hydrogen) atoms. The number of likely N-dealkylation sites (tertiary alicyclic amines) is 1. The Labute approximate surface area is 143 Å². The maximum atomic E-state index is 13.0. The van der Waals surface area contributed by atoms with Gasteiger partial charge in [0, 0.05) is 13.1 Å². The van der Waals surface area contributed by atoms with Crippen LogP contribution in [0.3, 0.4) is 0 Å². The number of carbonyl (C=O) groups is 2. The van der Waals surface area contributed by atoms with Gasteiger partial charge in [-0.05, 0) is 12.1 Å². The van der Waals surface area contributed by atoms with Crippen LogP contribution in [0.25, 0.3) is 0 Å². The van der Waals surface area contributed by atoms with E-state index in [-0.39, 0.29) is 13.1 Å². The molecular weight excluding hydrogens is 361 g/mol.